The lowest BCUT2D eigenvalue weighted by molar-refractivity contribution is 0.507. The summed E-state index contributed by atoms with van der Waals surface area (Å²) < 4.78 is 3.78. The van der Waals surface area contributed by atoms with Crippen LogP contribution in [-0.2, 0) is 19.6 Å². The summed E-state index contributed by atoms with van der Waals surface area (Å²) in [6, 6.07) is 0. The lowest BCUT2D eigenvalue weighted by Gasteiger charge is -2.06. The zero-order valence-corrected chi connectivity index (χ0v) is 10.7. The predicted molar refractivity (Wildman–Crippen MR) is 66.7 cm³/mol. The molecule has 0 amide bonds. The van der Waals surface area contributed by atoms with Gasteiger partial charge >= 0.3 is 0 Å². The van der Waals surface area contributed by atoms with E-state index in [1.54, 1.807) is 12.5 Å². The number of hydrogen-bond acceptors (Lipinski definition) is 5. The molecule has 0 spiro atoms. The van der Waals surface area contributed by atoms with Gasteiger partial charge in [-0.2, -0.15) is 5.10 Å². The average molecular weight is 249 g/mol. The quantitative estimate of drug-likeness (QED) is 0.688. The Balaban J connectivity index is 1.64. The lowest BCUT2D eigenvalue weighted by Crippen LogP contribution is -2.20. The van der Waals surface area contributed by atoms with Crippen LogP contribution in [0, 0.1) is 0 Å². The summed E-state index contributed by atoms with van der Waals surface area (Å²) in [4.78, 5) is 4.24. The minimum atomic E-state index is 0.761. The highest BCUT2D eigenvalue weighted by atomic mass is 15.4. The molecule has 7 heteroatoms. The molecule has 0 radical (unpaired) electrons. The van der Waals surface area contributed by atoms with Crippen molar-refractivity contribution in [2.24, 2.45) is 0 Å². The van der Waals surface area contributed by atoms with E-state index in [9.17, 15) is 0 Å². The second kappa shape index (κ2) is 6.85. The van der Waals surface area contributed by atoms with Gasteiger partial charge in [-0.3, -0.25) is 4.68 Å². The highest BCUT2D eigenvalue weighted by Gasteiger charge is 2.02. The summed E-state index contributed by atoms with van der Waals surface area (Å²) in [5, 5.41) is 15.2. The molecule has 2 aromatic rings. The minimum Gasteiger partial charge on any atom is -0.310 e. The second-order valence-electron chi connectivity index (χ2n) is 4.10. The Morgan fingerprint density at radius 3 is 3.06 bits per heavy atom. The van der Waals surface area contributed by atoms with E-state index in [2.05, 4.69) is 32.6 Å². The number of aromatic nitrogens is 6. The fourth-order valence-corrected chi connectivity index (χ4v) is 1.74. The molecule has 0 bridgehead atoms. The van der Waals surface area contributed by atoms with Crippen LogP contribution in [0.25, 0.3) is 0 Å². The fourth-order valence-electron chi connectivity index (χ4n) is 1.74. The molecule has 0 saturated heterocycles. The molecule has 0 aliphatic heterocycles. The maximum atomic E-state index is 4.24. The Labute approximate surface area is 106 Å². The van der Waals surface area contributed by atoms with Gasteiger partial charge in [0.05, 0.1) is 12.7 Å². The molecule has 0 aromatic carbocycles. The fraction of sp³-hybridized carbons (Fsp3) is 0.636. The van der Waals surface area contributed by atoms with Gasteiger partial charge < -0.3 is 5.32 Å². The van der Waals surface area contributed by atoms with Gasteiger partial charge in [-0.15, -0.1) is 5.10 Å². The highest BCUT2D eigenvalue weighted by Crippen LogP contribution is 1.95. The van der Waals surface area contributed by atoms with E-state index in [1.807, 2.05) is 15.6 Å². The number of rotatable bonds is 8. The van der Waals surface area contributed by atoms with Crippen molar-refractivity contribution in [3.63, 3.8) is 0 Å². The van der Waals surface area contributed by atoms with E-state index in [4.69, 9.17) is 0 Å². The van der Waals surface area contributed by atoms with E-state index in [-0.39, 0.29) is 0 Å². The van der Waals surface area contributed by atoms with Crippen molar-refractivity contribution >= 4 is 0 Å². The molecule has 0 aliphatic rings. The standard InChI is InChI=1S/C11H19N7/c1-2-6-18-11(13-10-15-18)9-12-4-3-7-17-8-5-14-16-17/h5,8,10,12H,2-4,6-7,9H2,1H3. The summed E-state index contributed by atoms with van der Waals surface area (Å²) >= 11 is 0. The van der Waals surface area contributed by atoms with Gasteiger partial charge in [0.1, 0.15) is 12.2 Å². The van der Waals surface area contributed by atoms with Crippen molar-refractivity contribution in [3.05, 3.63) is 24.5 Å². The molecule has 0 fully saturated rings. The Morgan fingerprint density at radius 2 is 2.28 bits per heavy atom. The van der Waals surface area contributed by atoms with E-state index in [0.29, 0.717) is 0 Å². The first-order valence-electron chi connectivity index (χ1n) is 6.31. The van der Waals surface area contributed by atoms with Gasteiger partial charge in [0.2, 0.25) is 0 Å². The van der Waals surface area contributed by atoms with Gasteiger partial charge in [-0.1, -0.05) is 12.1 Å². The van der Waals surface area contributed by atoms with Gasteiger partial charge in [-0.05, 0) is 19.4 Å². The normalized spacial score (nSPS) is 10.9. The van der Waals surface area contributed by atoms with E-state index in [0.717, 1.165) is 44.8 Å². The first kappa shape index (κ1) is 12.7. The molecule has 0 atom stereocenters. The number of nitrogens with one attached hydrogen (secondary N) is 1. The highest BCUT2D eigenvalue weighted by molar-refractivity contribution is 4.83. The maximum Gasteiger partial charge on any atom is 0.140 e. The predicted octanol–water partition coefficient (Wildman–Crippen LogP) is 0.459. The molecule has 0 unspecified atom stereocenters. The Kier molecular flexibility index (Phi) is 4.83. The van der Waals surface area contributed by atoms with E-state index < -0.39 is 0 Å². The van der Waals surface area contributed by atoms with E-state index >= 15 is 0 Å². The van der Waals surface area contributed by atoms with Crippen LogP contribution in [0.15, 0.2) is 18.7 Å². The van der Waals surface area contributed by atoms with Crippen molar-refractivity contribution in [3.8, 4) is 0 Å². The largest absolute Gasteiger partial charge is 0.310 e. The van der Waals surface area contributed by atoms with Crippen LogP contribution in [0.4, 0.5) is 0 Å². The topological polar surface area (TPSA) is 73.5 Å². The lowest BCUT2D eigenvalue weighted by atomic mass is 10.4. The molecule has 7 nitrogen and oxygen atoms in total. The Bertz CT molecular complexity index is 434. The smallest absolute Gasteiger partial charge is 0.140 e. The van der Waals surface area contributed by atoms with Gasteiger partial charge in [0, 0.05) is 19.3 Å². The molecular weight excluding hydrogens is 230 g/mol. The Morgan fingerprint density at radius 1 is 1.33 bits per heavy atom. The van der Waals surface area contributed by atoms with E-state index in [1.165, 1.54) is 0 Å². The summed E-state index contributed by atoms with van der Waals surface area (Å²) in [7, 11) is 0. The third-order valence-corrected chi connectivity index (χ3v) is 2.63. The number of aryl methyl sites for hydroxylation is 2. The first-order chi connectivity index (χ1) is 8.90. The van der Waals surface area contributed by atoms with Crippen molar-refractivity contribution < 1.29 is 0 Å². The SMILES string of the molecule is CCCn1ncnc1CNCCCn1ccnn1. The van der Waals surface area contributed by atoms with Crippen LogP contribution < -0.4 is 5.32 Å². The van der Waals surface area contributed by atoms with Crippen LogP contribution >= 0.6 is 0 Å². The molecule has 0 saturated carbocycles. The van der Waals surface area contributed by atoms with Crippen LogP contribution in [0.5, 0.6) is 0 Å². The number of hydrogen-bond donors (Lipinski definition) is 1. The summed E-state index contributed by atoms with van der Waals surface area (Å²) in [6.45, 7) is 5.64. The third kappa shape index (κ3) is 3.63. The van der Waals surface area contributed by atoms with Crippen molar-refractivity contribution in [2.75, 3.05) is 6.54 Å². The molecule has 18 heavy (non-hydrogen) atoms. The monoisotopic (exact) mass is 249 g/mol. The molecule has 98 valence electrons. The van der Waals surface area contributed by atoms with Crippen LogP contribution in [0.1, 0.15) is 25.6 Å². The van der Waals surface area contributed by atoms with Crippen LogP contribution in [0.2, 0.25) is 0 Å². The zero-order valence-electron chi connectivity index (χ0n) is 10.7. The zero-order chi connectivity index (χ0) is 12.6. The molecular formula is C11H19N7. The maximum absolute atomic E-state index is 4.24. The summed E-state index contributed by atoms with van der Waals surface area (Å²) in [6.07, 6.45) is 7.27. The van der Waals surface area contributed by atoms with Crippen molar-refractivity contribution in [1.82, 2.24) is 35.1 Å². The molecule has 1 N–H and O–H groups in total. The van der Waals surface area contributed by atoms with Crippen LogP contribution in [0.3, 0.4) is 0 Å². The van der Waals surface area contributed by atoms with Crippen LogP contribution in [-0.4, -0.2) is 36.3 Å². The summed E-state index contributed by atoms with van der Waals surface area (Å²) in [5.74, 6) is 0.998. The van der Waals surface area contributed by atoms with Gasteiger partial charge in [0.15, 0.2) is 0 Å². The molecule has 2 aromatic heterocycles. The number of nitrogens with zero attached hydrogens (tertiary/aromatic N) is 6. The molecule has 0 aliphatic carbocycles. The minimum absolute atomic E-state index is 0.761. The first-order valence-corrected chi connectivity index (χ1v) is 6.31. The van der Waals surface area contributed by atoms with Gasteiger partial charge in [0.25, 0.3) is 0 Å². The Hall–Kier alpha value is -1.76. The molecule has 2 heterocycles. The average Bonchev–Trinajstić information content (AvgIpc) is 3.01. The summed E-state index contributed by atoms with van der Waals surface area (Å²) in [5.41, 5.74) is 0. The molecule has 2 rings (SSSR count). The third-order valence-electron chi connectivity index (χ3n) is 2.63. The second-order valence-corrected chi connectivity index (χ2v) is 4.10. The van der Waals surface area contributed by atoms with Crippen molar-refractivity contribution in [1.29, 1.82) is 0 Å². The van der Waals surface area contributed by atoms with Crippen molar-refractivity contribution in [2.45, 2.75) is 39.4 Å². The van der Waals surface area contributed by atoms with Gasteiger partial charge in [-0.25, -0.2) is 9.67 Å².